The van der Waals surface area contributed by atoms with Crippen molar-refractivity contribution in [3.63, 3.8) is 0 Å². The van der Waals surface area contributed by atoms with Gasteiger partial charge in [-0.2, -0.15) is 5.10 Å². The SMILES string of the molecule is CCCn1ncnc1CC(Cc1cc(F)cc(F)c1)NC. The van der Waals surface area contributed by atoms with Gasteiger partial charge in [-0.25, -0.2) is 13.8 Å². The molecule has 1 heterocycles. The molecule has 0 aliphatic rings. The molecule has 0 spiro atoms. The Morgan fingerprint density at radius 1 is 1.19 bits per heavy atom. The quantitative estimate of drug-likeness (QED) is 0.852. The lowest BCUT2D eigenvalue weighted by Crippen LogP contribution is -2.31. The first-order valence-corrected chi connectivity index (χ1v) is 7.11. The van der Waals surface area contributed by atoms with E-state index < -0.39 is 11.6 Å². The smallest absolute Gasteiger partial charge is 0.138 e. The molecule has 0 aliphatic heterocycles. The molecule has 1 aromatic carbocycles. The zero-order valence-electron chi connectivity index (χ0n) is 12.3. The number of hydrogen-bond donors (Lipinski definition) is 1. The maximum absolute atomic E-state index is 13.2. The normalized spacial score (nSPS) is 12.6. The van der Waals surface area contributed by atoms with Crippen LogP contribution in [0, 0.1) is 11.6 Å². The average Bonchev–Trinajstić information content (AvgIpc) is 2.84. The summed E-state index contributed by atoms with van der Waals surface area (Å²) in [6, 6.07) is 3.66. The van der Waals surface area contributed by atoms with Gasteiger partial charge in [-0.15, -0.1) is 0 Å². The summed E-state index contributed by atoms with van der Waals surface area (Å²) >= 11 is 0. The Labute approximate surface area is 123 Å². The van der Waals surface area contributed by atoms with E-state index in [-0.39, 0.29) is 6.04 Å². The Bertz CT molecular complexity index is 563. The van der Waals surface area contributed by atoms with Gasteiger partial charge >= 0.3 is 0 Å². The fraction of sp³-hybridized carbons (Fsp3) is 0.467. The number of benzene rings is 1. The first-order valence-electron chi connectivity index (χ1n) is 7.11. The molecule has 21 heavy (non-hydrogen) atoms. The van der Waals surface area contributed by atoms with Crippen LogP contribution in [0.4, 0.5) is 8.78 Å². The zero-order chi connectivity index (χ0) is 15.2. The van der Waals surface area contributed by atoms with Gasteiger partial charge in [-0.1, -0.05) is 6.92 Å². The molecule has 0 amide bonds. The summed E-state index contributed by atoms with van der Waals surface area (Å²) in [4.78, 5) is 4.26. The Morgan fingerprint density at radius 3 is 2.52 bits per heavy atom. The predicted molar refractivity (Wildman–Crippen MR) is 76.9 cm³/mol. The van der Waals surface area contributed by atoms with Gasteiger partial charge in [-0.3, -0.25) is 4.68 Å². The summed E-state index contributed by atoms with van der Waals surface area (Å²) in [5.41, 5.74) is 0.633. The number of hydrogen-bond acceptors (Lipinski definition) is 3. The Morgan fingerprint density at radius 2 is 1.90 bits per heavy atom. The van der Waals surface area contributed by atoms with E-state index in [1.165, 1.54) is 12.1 Å². The van der Waals surface area contributed by atoms with Crippen LogP contribution < -0.4 is 5.32 Å². The fourth-order valence-corrected chi connectivity index (χ4v) is 2.35. The number of nitrogens with one attached hydrogen (secondary N) is 1. The Balaban J connectivity index is 2.07. The third kappa shape index (κ3) is 4.32. The van der Waals surface area contributed by atoms with Crippen molar-refractivity contribution < 1.29 is 8.78 Å². The van der Waals surface area contributed by atoms with E-state index in [0.29, 0.717) is 18.4 Å². The fourth-order valence-electron chi connectivity index (χ4n) is 2.35. The molecule has 4 nitrogen and oxygen atoms in total. The molecule has 1 aromatic heterocycles. The van der Waals surface area contributed by atoms with E-state index in [2.05, 4.69) is 22.3 Å². The van der Waals surface area contributed by atoms with Crippen LogP contribution in [0.25, 0.3) is 0 Å². The molecule has 6 heteroatoms. The summed E-state index contributed by atoms with van der Waals surface area (Å²) in [5.74, 6) is -0.212. The summed E-state index contributed by atoms with van der Waals surface area (Å²) in [7, 11) is 1.83. The minimum Gasteiger partial charge on any atom is -0.316 e. The predicted octanol–water partition coefficient (Wildman–Crippen LogP) is 2.34. The third-order valence-electron chi connectivity index (χ3n) is 3.37. The highest BCUT2D eigenvalue weighted by atomic mass is 19.1. The molecular formula is C15H20F2N4. The lowest BCUT2D eigenvalue weighted by atomic mass is 10.0. The van der Waals surface area contributed by atoms with Gasteiger partial charge in [-0.05, 0) is 37.6 Å². The number of aromatic nitrogens is 3. The van der Waals surface area contributed by atoms with Crippen molar-refractivity contribution in [1.82, 2.24) is 20.1 Å². The molecule has 0 radical (unpaired) electrons. The molecule has 0 aliphatic carbocycles. The van der Waals surface area contributed by atoms with E-state index in [4.69, 9.17) is 0 Å². The van der Waals surface area contributed by atoms with Crippen LogP contribution >= 0.6 is 0 Å². The van der Waals surface area contributed by atoms with E-state index in [9.17, 15) is 8.78 Å². The summed E-state index contributed by atoms with van der Waals surface area (Å²) in [6.45, 7) is 2.90. The molecule has 0 bridgehead atoms. The van der Waals surface area contributed by atoms with E-state index >= 15 is 0 Å². The molecule has 114 valence electrons. The third-order valence-corrected chi connectivity index (χ3v) is 3.37. The number of nitrogens with zero attached hydrogens (tertiary/aromatic N) is 3. The van der Waals surface area contributed by atoms with Crippen molar-refractivity contribution in [3.8, 4) is 0 Å². The summed E-state index contributed by atoms with van der Waals surface area (Å²) in [5, 5.41) is 7.36. The largest absolute Gasteiger partial charge is 0.316 e. The standard InChI is InChI=1S/C15H20F2N4/c1-3-4-21-15(19-10-20-21)9-14(18-2)7-11-5-12(16)8-13(17)6-11/h5-6,8,10,14,18H,3-4,7,9H2,1-2H3. The van der Waals surface area contributed by atoms with Gasteiger partial charge in [0.2, 0.25) is 0 Å². The van der Waals surface area contributed by atoms with Crippen LogP contribution in [-0.4, -0.2) is 27.9 Å². The van der Waals surface area contributed by atoms with Crippen LogP contribution in [0.1, 0.15) is 24.7 Å². The Kier molecular flexibility index (Phi) is 5.38. The second-order valence-electron chi connectivity index (χ2n) is 5.07. The minimum atomic E-state index is -0.547. The van der Waals surface area contributed by atoms with Crippen molar-refractivity contribution in [1.29, 1.82) is 0 Å². The van der Waals surface area contributed by atoms with Crippen LogP contribution in [0.5, 0.6) is 0 Å². The molecular weight excluding hydrogens is 274 g/mol. The highest BCUT2D eigenvalue weighted by molar-refractivity contribution is 5.19. The lowest BCUT2D eigenvalue weighted by Gasteiger charge is -2.16. The van der Waals surface area contributed by atoms with E-state index in [0.717, 1.165) is 24.9 Å². The van der Waals surface area contributed by atoms with Gasteiger partial charge in [0.15, 0.2) is 0 Å². The van der Waals surface area contributed by atoms with Crippen molar-refractivity contribution in [2.75, 3.05) is 7.05 Å². The van der Waals surface area contributed by atoms with E-state index in [1.54, 1.807) is 6.33 Å². The second-order valence-corrected chi connectivity index (χ2v) is 5.07. The van der Waals surface area contributed by atoms with Crippen molar-refractivity contribution in [2.24, 2.45) is 0 Å². The first-order chi connectivity index (χ1) is 10.1. The maximum atomic E-state index is 13.2. The summed E-state index contributed by atoms with van der Waals surface area (Å²) in [6.07, 6.45) is 3.72. The second kappa shape index (κ2) is 7.26. The van der Waals surface area contributed by atoms with Crippen LogP contribution in [0.3, 0.4) is 0 Å². The Hall–Kier alpha value is -1.82. The minimum absolute atomic E-state index is 0.0472. The van der Waals surface area contributed by atoms with E-state index in [1.807, 2.05) is 11.7 Å². The number of rotatable bonds is 7. The summed E-state index contributed by atoms with van der Waals surface area (Å²) < 4.78 is 28.3. The maximum Gasteiger partial charge on any atom is 0.138 e. The van der Waals surface area contributed by atoms with Gasteiger partial charge in [0.05, 0.1) is 0 Å². The molecule has 2 rings (SSSR count). The van der Waals surface area contributed by atoms with Gasteiger partial charge in [0, 0.05) is 25.1 Å². The highest BCUT2D eigenvalue weighted by Crippen LogP contribution is 2.12. The first kappa shape index (κ1) is 15.6. The number of halogens is 2. The van der Waals surface area contributed by atoms with Crippen molar-refractivity contribution in [2.45, 2.75) is 38.8 Å². The van der Waals surface area contributed by atoms with Crippen molar-refractivity contribution in [3.05, 3.63) is 47.5 Å². The van der Waals surface area contributed by atoms with Crippen LogP contribution in [0.2, 0.25) is 0 Å². The topological polar surface area (TPSA) is 42.7 Å². The molecule has 0 fully saturated rings. The lowest BCUT2D eigenvalue weighted by molar-refractivity contribution is 0.498. The van der Waals surface area contributed by atoms with Gasteiger partial charge in [0.25, 0.3) is 0 Å². The molecule has 1 N–H and O–H groups in total. The molecule has 0 saturated carbocycles. The number of likely N-dealkylation sites (N-methyl/N-ethyl adjacent to an activating group) is 1. The molecule has 1 atom stereocenters. The zero-order valence-corrected chi connectivity index (χ0v) is 12.3. The molecule has 0 saturated heterocycles. The van der Waals surface area contributed by atoms with Gasteiger partial charge in [0.1, 0.15) is 23.8 Å². The van der Waals surface area contributed by atoms with Crippen molar-refractivity contribution >= 4 is 0 Å². The molecule has 2 aromatic rings. The van der Waals surface area contributed by atoms with Gasteiger partial charge < -0.3 is 5.32 Å². The van der Waals surface area contributed by atoms with Crippen LogP contribution in [0.15, 0.2) is 24.5 Å². The molecule has 1 unspecified atom stereocenters. The monoisotopic (exact) mass is 294 g/mol. The number of aryl methyl sites for hydroxylation is 1. The average molecular weight is 294 g/mol. The highest BCUT2D eigenvalue weighted by Gasteiger charge is 2.14. The van der Waals surface area contributed by atoms with Crippen LogP contribution in [-0.2, 0) is 19.4 Å².